The number of non-ortho nitro benzene ring substituents is 1. The van der Waals surface area contributed by atoms with Gasteiger partial charge in [0.25, 0.3) is 5.69 Å². The molecular weight excluding hydrogens is 398 g/mol. The van der Waals surface area contributed by atoms with Crippen molar-refractivity contribution in [2.24, 2.45) is 5.73 Å². The third-order valence-corrected chi connectivity index (χ3v) is 5.77. The van der Waals surface area contributed by atoms with Gasteiger partial charge in [-0.2, -0.15) is 0 Å². The molecule has 0 saturated heterocycles. The minimum Gasteiger partial charge on any atom is -0.478 e. The van der Waals surface area contributed by atoms with Crippen LogP contribution < -0.4 is 11.1 Å². The van der Waals surface area contributed by atoms with Crippen molar-refractivity contribution in [1.29, 1.82) is 0 Å². The number of aliphatic carboxylic acids is 2. The summed E-state index contributed by atoms with van der Waals surface area (Å²) in [5.41, 5.74) is 5.90. The maximum absolute atomic E-state index is 12.0. The first kappa shape index (κ1) is 22.4. The van der Waals surface area contributed by atoms with Gasteiger partial charge in [0.05, 0.1) is 22.0 Å². The highest BCUT2D eigenvalue weighted by atomic mass is 32.2. The molecule has 29 heavy (non-hydrogen) atoms. The Morgan fingerprint density at radius 2 is 1.76 bits per heavy atom. The Hall–Kier alpha value is -2.85. The van der Waals surface area contributed by atoms with Crippen LogP contribution in [0, 0.1) is 10.1 Å². The fourth-order valence-electron chi connectivity index (χ4n) is 3.31. The summed E-state index contributed by atoms with van der Waals surface area (Å²) in [6.45, 7) is 3.63. The smallest absolute Gasteiger partial charge is 0.334 e. The number of nitrogens with two attached hydrogens (primary N) is 1. The van der Waals surface area contributed by atoms with Gasteiger partial charge in [-0.25, -0.2) is 9.59 Å². The van der Waals surface area contributed by atoms with Gasteiger partial charge in [0.15, 0.2) is 0 Å². The predicted octanol–water partition coefficient (Wildman–Crippen LogP) is 2.83. The predicted molar refractivity (Wildman–Crippen MR) is 109 cm³/mol. The van der Waals surface area contributed by atoms with Crippen molar-refractivity contribution in [3.8, 4) is 0 Å². The minimum atomic E-state index is -1.28. The molecule has 1 aromatic carbocycles. The Kier molecular flexibility index (Phi) is 7.40. The first-order chi connectivity index (χ1) is 13.7. The zero-order valence-corrected chi connectivity index (χ0v) is 16.9. The average molecular weight is 421 g/mol. The van der Waals surface area contributed by atoms with Gasteiger partial charge in [0, 0.05) is 28.4 Å². The molecule has 0 bridgehead atoms. The number of thioether (sulfide) groups is 1. The summed E-state index contributed by atoms with van der Waals surface area (Å²) in [6.07, 6.45) is 1.62. The normalized spacial score (nSPS) is 14.7. The number of unbranched alkanes of at least 4 members (excludes halogenated alkanes) is 1. The highest BCUT2D eigenvalue weighted by Gasteiger charge is 2.38. The fourth-order valence-corrected chi connectivity index (χ4v) is 4.38. The van der Waals surface area contributed by atoms with Crippen LogP contribution in [-0.4, -0.2) is 39.4 Å². The first-order valence-corrected chi connectivity index (χ1v) is 9.93. The third kappa shape index (κ3) is 4.96. The van der Waals surface area contributed by atoms with Crippen molar-refractivity contribution in [2.75, 3.05) is 12.3 Å². The van der Waals surface area contributed by atoms with E-state index in [1.807, 2.05) is 0 Å². The Morgan fingerprint density at radius 1 is 1.17 bits per heavy atom. The lowest BCUT2D eigenvalue weighted by Gasteiger charge is -2.29. The largest absolute Gasteiger partial charge is 0.478 e. The molecule has 0 aliphatic carbocycles. The van der Waals surface area contributed by atoms with E-state index in [2.05, 4.69) is 5.32 Å². The van der Waals surface area contributed by atoms with Gasteiger partial charge in [-0.15, -0.1) is 11.8 Å². The van der Waals surface area contributed by atoms with Crippen LogP contribution in [0.1, 0.15) is 38.2 Å². The molecule has 1 aromatic rings. The number of hydrogen-bond acceptors (Lipinski definition) is 7. The van der Waals surface area contributed by atoms with Crippen molar-refractivity contribution in [3.63, 3.8) is 0 Å². The monoisotopic (exact) mass is 421 g/mol. The van der Waals surface area contributed by atoms with E-state index in [1.54, 1.807) is 19.9 Å². The highest BCUT2D eigenvalue weighted by molar-refractivity contribution is 7.99. The SMILES string of the molecule is CC1=C(C(=O)O)C(c2cc([N+](=O)[O-])ccc2SCCCCN)C(C(=O)O)=C(C)N1. The van der Waals surface area contributed by atoms with Gasteiger partial charge in [-0.1, -0.05) is 0 Å². The number of carbonyl (C=O) groups is 2. The Labute approximate surface area is 171 Å². The lowest BCUT2D eigenvalue weighted by Crippen LogP contribution is -2.31. The number of nitrogens with zero attached hydrogens (tertiary/aromatic N) is 1. The van der Waals surface area contributed by atoms with E-state index in [1.165, 1.54) is 23.9 Å². The molecule has 0 saturated carbocycles. The number of rotatable bonds is 9. The molecule has 0 amide bonds. The van der Waals surface area contributed by atoms with E-state index >= 15 is 0 Å². The van der Waals surface area contributed by atoms with Gasteiger partial charge in [0.1, 0.15) is 0 Å². The van der Waals surface area contributed by atoms with Gasteiger partial charge in [-0.3, -0.25) is 10.1 Å². The number of carboxylic acids is 2. The quantitative estimate of drug-likeness (QED) is 0.204. The molecular formula is C19H23N3O6S. The molecule has 0 unspecified atom stereocenters. The second kappa shape index (κ2) is 9.57. The van der Waals surface area contributed by atoms with E-state index < -0.39 is 22.8 Å². The summed E-state index contributed by atoms with van der Waals surface area (Å²) < 4.78 is 0. The average Bonchev–Trinajstić information content (AvgIpc) is 2.63. The van der Waals surface area contributed by atoms with Crippen molar-refractivity contribution >= 4 is 29.4 Å². The van der Waals surface area contributed by atoms with E-state index in [0.717, 1.165) is 12.8 Å². The molecule has 1 aliphatic rings. The molecule has 0 fully saturated rings. The number of carboxylic acid groups (broad SMARTS) is 2. The van der Waals surface area contributed by atoms with E-state index in [0.29, 0.717) is 34.2 Å². The standard InChI is InChI=1S/C19H23N3O6S/c1-10-15(18(23)24)17(16(19(25)26)11(2)21-10)13-9-12(22(27)28)5-6-14(13)29-8-4-3-7-20/h5-6,9,17,21H,3-4,7-8,20H2,1-2H3,(H,23,24)(H,25,26). The van der Waals surface area contributed by atoms with Crippen molar-refractivity contribution in [2.45, 2.75) is 37.5 Å². The van der Waals surface area contributed by atoms with Crippen molar-refractivity contribution in [1.82, 2.24) is 5.32 Å². The lowest BCUT2D eigenvalue weighted by atomic mass is 9.80. The lowest BCUT2D eigenvalue weighted by molar-refractivity contribution is -0.385. The van der Waals surface area contributed by atoms with E-state index in [9.17, 15) is 29.9 Å². The molecule has 2 rings (SSSR count). The fraction of sp³-hybridized carbons (Fsp3) is 0.368. The van der Waals surface area contributed by atoms with Crippen LogP contribution in [0.5, 0.6) is 0 Å². The van der Waals surface area contributed by atoms with E-state index in [-0.39, 0.29) is 16.8 Å². The second-order valence-electron chi connectivity index (χ2n) is 6.57. The topological polar surface area (TPSA) is 156 Å². The number of nitro benzene ring substituents is 1. The van der Waals surface area contributed by atoms with Crippen LogP contribution in [-0.2, 0) is 9.59 Å². The number of allylic oxidation sites excluding steroid dienone is 2. The van der Waals surface area contributed by atoms with Crippen LogP contribution >= 0.6 is 11.8 Å². The second-order valence-corrected chi connectivity index (χ2v) is 7.71. The van der Waals surface area contributed by atoms with Gasteiger partial charge < -0.3 is 21.3 Å². The summed E-state index contributed by atoms with van der Waals surface area (Å²) in [4.78, 5) is 35.3. The number of hydrogen-bond donors (Lipinski definition) is 4. The molecule has 9 nitrogen and oxygen atoms in total. The maximum Gasteiger partial charge on any atom is 0.334 e. The summed E-state index contributed by atoms with van der Waals surface area (Å²) in [6, 6.07) is 4.16. The number of dihydropyridines is 1. The van der Waals surface area contributed by atoms with Gasteiger partial charge in [-0.05, 0) is 50.6 Å². The molecule has 0 aromatic heterocycles. The number of benzene rings is 1. The molecule has 1 heterocycles. The van der Waals surface area contributed by atoms with Crippen molar-refractivity contribution in [3.05, 3.63) is 56.4 Å². The number of nitro groups is 1. The summed E-state index contributed by atoms with van der Waals surface area (Å²) in [5.74, 6) is -3.03. The molecule has 0 radical (unpaired) electrons. The van der Waals surface area contributed by atoms with Crippen LogP contribution in [0.25, 0.3) is 0 Å². The third-order valence-electron chi connectivity index (χ3n) is 4.59. The maximum atomic E-state index is 12.0. The minimum absolute atomic E-state index is 0.141. The molecule has 5 N–H and O–H groups in total. The van der Waals surface area contributed by atoms with Crippen LogP contribution in [0.15, 0.2) is 45.6 Å². The Balaban J connectivity index is 2.68. The molecule has 10 heteroatoms. The summed E-state index contributed by atoms with van der Waals surface area (Å²) in [5, 5.41) is 33.7. The van der Waals surface area contributed by atoms with Crippen molar-refractivity contribution < 1.29 is 24.7 Å². The Morgan fingerprint density at radius 3 is 2.24 bits per heavy atom. The summed E-state index contributed by atoms with van der Waals surface area (Å²) >= 11 is 1.40. The zero-order valence-electron chi connectivity index (χ0n) is 16.1. The summed E-state index contributed by atoms with van der Waals surface area (Å²) in [7, 11) is 0. The number of nitrogens with one attached hydrogen (secondary N) is 1. The zero-order chi connectivity index (χ0) is 21.7. The molecule has 1 aliphatic heterocycles. The molecule has 156 valence electrons. The Bertz CT molecular complexity index is 873. The molecule has 0 spiro atoms. The van der Waals surface area contributed by atoms with Crippen LogP contribution in [0.2, 0.25) is 0 Å². The van der Waals surface area contributed by atoms with Crippen LogP contribution in [0.3, 0.4) is 0 Å². The highest BCUT2D eigenvalue weighted by Crippen LogP contribution is 2.43. The van der Waals surface area contributed by atoms with E-state index in [4.69, 9.17) is 5.73 Å². The first-order valence-electron chi connectivity index (χ1n) is 8.95. The van der Waals surface area contributed by atoms with Gasteiger partial charge >= 0.3 is 11.9 Å². The van der Waals surface area contributed by atoms with Crippen LogP contribution in [0.4, 0.5) is 5.69 Å². The van der Waals surface area contributed by atoms with Gasteiger partial charge in [0.2, 0.25) is 0 Å². The molecule has 0 atom stereocenters.